The number of rotatable bonds is 5. The number of halogens is 1. The fourth-order valence-electron chi connectivity index (χ4n) is 3.81. The van der Waals surface area contributed by atoms with Gasteiger partial charge in [0.25, 0.3) is 17.5 Å². The van der Waals surface area contributed by atoms with E-state index in [9.17, 15) is 9.59 Å². The largest absolute Gasteiger partial charge is 0.466 e. The maximum Gasteiger partial charge on any atom is 0.291 e. The average Bonchev–Trinajstić information content (AvgIpc) is 3.56. The molecule has 0 aliphatic rings. The van der Waals surface area contributed by atoms with Crippen LogP contribution in [0.3, 0.4) is 0 Å². The predicted molar refractivity (Wildman–Crippen MR) is 130 cm³/mol. The molecule has 5 aromatic rings. The number of aromatic nitrogens is 2. The van der Waals surface area contributed by atoms with Crippen LogP contribution in [0.2, 0.25) is 5.02 Å². The molecule has 0 saturated heterocycles. The van der Waals surface area contributed by atoms with Crippen molar-refractivity contribution in [1.29, 1.82) is 0 Å². The predicted octanol–water partition coefficient (Wildman–Crippen LogP) is 6.16. The maximum absolute atomic E-state index is 13.5. The molecule has 9 nitrogen and oxygen atoms in total. The molecule has 4 aromatic heterocycles. The minimum absolute atomic E-state index is 0.119. The Hall–Kier alpha value is -4.37. The number of pyridine rings is 1. The molecule has 176 valence electrons. The normalized spacial score (nSPS) is 11.1. The first kappa shape index (κ1) is 22.4. The molecule has 2 N–H and O–H groups in total. The van der Waals surface area contributed by atoms with E-state index >= 15 is 0 Å². The van der Waals surface area contributed by atoms with Gasteiger partial charge in [0.15, 0.2) is 5.76 Å². The number of amides is 2. The van der Waals surface area contributed by atoms with Gasteiger partial charge < -0.3 is 24.0 Å². The van der Waals surface area contributed by atoms with E-state index in [0.29, 0.717) is 44.5 Å². The van der Waals surface area contributed by atoms with Gasteiger partial charge in [0, 0.05) is 10.6 Å². The van der Waals surface area contributed by atoms with Crippen molar-refractivity contribution in [3.63, 3.8) is 0 Å². The Morgan fingerprint density at radius 3 is 2.49 bits per heavy atom. The summed E-state index contributed by atoms with van der Waals surface area (Å²) in [5.41, 5.74) is 2.95. The number of hydrogen-bond donors (Lipinski definition) is 2. The summed E-state index contributed by atoms with van der Waals surface area (Å²) in [5, 5.41) is 10.4. The van der Waals surface area contributed by atoms with E-state index in [1.807, 2.05) is 19.9 Å². The van der Waals surface area contributed by atoms with E-state index in [1.165, 1.54) is 18.4 Å². The van der Waals surface area contributed by atoms with E-state index in [4.69, 9.17) is 25.0 Å². The Bertz CT molecular complexity index is 1580. The molecule has 0 aliphatic heterocycles. The molecule has 35 heavy (non-hydrogen) atoms. The molecule has 0 saturated carbocycles. The van der Waals surface area contributed by atoms with Crippen LogP contribution in [0.5, 0.6) is 0 Å². The zero-order valence-electron chi connectivity index (χ0n) is 18.9. The highest BCUT2D eigenvalue weighted by molar-refractivity contribution is 6.31. The third-order valence-corrected chi connectivity index (χ3v) is 5.64. The smallest absolute Gasteiger partial charge is 0.291 e. The molecule has 10 heteroatoms. The summed E-state index contributed by atoms with van der Waals surface area (Å²) in [5.74, 6) is 0.573. The van der Waals surface area contributed by atoms with Crippen molar-refractivity contribution in [3.8, 4) is 11.3 Å². The lowest BCUT2D eigenvalue weighted by Gasteiger charge is -2.13. The van der Waals surface area contributed by atoms with Crippen LogP contribution in [0, 0.1) is 20.8 Å². The van der Waals surface area contributed by atoms with Gasteiger partial charge in [0.2, 0.25) is 0 Å². The molecule has 5 rings (SSSR count). The van der Waals surface area contributed by atoms with Gasteiger partial charge in [-0.25, -0.2) is 4.98 Å². The topological polar surface area (TPSA) is 123 Å². The van der Waals surface area contributed by atoms with Gasteiger partial charge in [-0.05, 0) is 63.2 Å². The van der Waals surface area contributed by atoms with Crippen molar-refractivity contribution in [1.82, 2.24) is 10.1 Å². The quantitative estimate of drug-likeness (QED) is 0.302. The fraction of sp³-hybridized carbons (Fsp3) is 0.120. The Morgan fingerprint density at radius 2 is 1.77 bits per heavy atom. The van der Waals surface area contributed by atoms with Gasteiger partial charge in [-0.2, -0.15) is 0 Å². The van der Waals surface area contributed by atoms with Crippen molar-refractivity contribution in [2.24, 2.45) is 0 Å². The molecule has 0 atom stereocenters. The van der Waals surface area contributed by atoms with Crippen LogP contribution in [0.4, 0.5) is 11.4 Å². The fourth-order valence-corrected chi connectivity index (χ4v) is 3.98. The third-order valence-electron chi connectivity index (χ3n) is 5.40. The molecule has 2 amide bonds. The van der Waals surface area contributed by atoms with E-state index in [0.717, 1.165) is 11.3 Å². The van der Waals surface area contributed by atoms with E-state index in [1.54, 1.807) is 31.2 Å². The van der Waals surface area contributed by atoms with Crippen LogP contribution < -0.4 is 10.6 Å². The lowest BCUT2D eigenvalue weighted by molar-refractivity contribution is 0.0993. The molecule has 0 radical (unpaired) electrons. The van der Waals surface area contributed by atoms with Crippen molar-refractivity contribution in [2.75, 3.05) is 10.6 Å². The van der Waals surface area contributed by atoms with Gasteiger partial charge >= 0.3 is 0 Å². The van der Waals surface area contributed by atoms with Crippen molar-refractivity contribution in [2.45, 2.75) is 20.8 Å². The van der Waals surface area contributed by atoms with Gasteiger partial charge in [-0.3, -0.25) is 9.59 Å². The third kappa shape index (κ3) is 4.29. The van der Waals surface area contributed by atoms with Crippen LogP contribution >= 0.6 is 11.6 Å². The zero-order valence-corrected chi connectivity index (χ0v) is 19.7. The number of aryl methyl sites for hydroxylation is 3. The minimum Gasteiger partial charge on any atom is -0.466 e. The number of benzene rings is 1. The Labute approximate surface area is 204 Å². The number of nitrogens with one attached hydrogen (secondary N) is 2. The SMILES string of the molecule is Cc1cc(-c2cc(C(=O)Nc3ccc(Cl)cc3NC(=O)c3ccco3)c3c(C)noc3n2)c(C)o1. The Morgan fingerprint density at radius 1 is 0.971 bits per heavy atom. The molecule has 0 spiro atoms. The first-order valence-electron chi connectivity index (χ1n) is 10.6. The molecule has 1 aromatic carbocycles. The van der Waals surface area contributed by atoms with E-state index in [-0.39, 0.29) is 11.5 Å². The van der Waals surface area contributed by atoms with Gasteiger partial charge in [0.05, 0.1) is 40.0 Å². The second kappa shape index (κ2) is 8.77. The molecular weight excluding hydrogens is 472 g/mol. The van der Waals surface area contributed by atoms with Gasteiger partial charge in [-0.1, -0.05) is 16.8 Å². The monoisotopic (exact) mass is 490 g/mol. The molecule has 0 aliphatic carbocycles. The van der Waals surface area contributed by atoms with E-state index in [2.05, 4.69) is 20.8 Å². The average molecular weight is 491 g/mol. The summed E-state index contributed by atoms with van der Waals surface area (Å²) < 4.78 is 16.1. The van der Waals surface area contributed by atoms with Gasteiger partial charge in [-0.15, -0.1) is 0 Å². The molecule has 0 fully saturated rings. The second-order valence-electron chi connectivity index (χ2n) is 7.91. The summed E-state index contributed by atoms with van der Waals surface area (Å²) in [7, 11) is 0. The second-order valence-corrected chi connectivity index (χ2v) is 8.34. The highest BCUT2D eigenvalue weighted by Crippen LogP contribution is 2.32. The van der Waals surface area contributed by atoms with Crippen molar-refractivity contribution in [3.05, 3.63) is 82.3 Å². The zero-order chi connectivity index (χ0) is 24.7. The number of furan rings is 2. The molecule has 4 heterocycles. The number of carbonyl (C=O) groups is 2. The summed E-state index contributed by atoms with van der Waals surface area (Å²) in [6.07, 6.45) is 1.40. The summed E-state index contributed by atoms with van der Waals surface area (Å²) in [6.45, 7) is 5.39. The van der Waals surface area contributed by atoms with Crippen LogP contribution in [-0.4, -0.2) is 22.0 Å². The van der Waals surface area contributed by atoms with Crippen molar-refractivity contribution < 1.29 is 22.9 Å². The van der Waals surface area contributed by atoms with E-state index < -0.39 is 11.8 Å². The number of fused-ring (bicyclic) bond motifs is 1. The number of hydrogen-bond acceptors (Lipinski definition) is 7. The lowest BCUT2D eigenvalue weighted by atomic mass is 10.1. The lowest BCUT2D eigenvalue weighted by Crippen LogP contribution is -2.17. The molecule has 0 bridgehead atoms. The summed E-state index contributed by atoms with van der Waals surface area (Å²) in [4.78, 5) is 30.6. The van der Waals surface area contributed by atoms with Crippen molar-refractivity contribution >= 4 is 45.9 Å². The number of nitrogens with zero attached hydrogens (tertiary/aromatic N) is 2. The Kier molecular flexibility index (Phi) is 5.62. The highest BCUT2D eigenvalue weighted by atomic mass is 35.5. The molecular formula is C25H19ClN4O5. The highest BCUT2D eigenvalue weighted by Gasteiger charge is 2.22. The van der Waals surface area contributed by atoms with Crippen LogP contribution in [0.15, 0.2) is 62.1 Å². The van der Waals surface area contributed by atoms with Crippen LogP contribution in [-0.2, 0) is 0 Å². The van der Waals surface area contributed by atoms with Crippen LogP contribution in [0.1, 0.15) is 38.1 Å². The summed E-state index contributed by atoms with van der Waals surface area (Å²) in [6, 6.07) is 11.4. The number of carbonyl (C=O) groups excluding carboxylic acids is 2. The molecule has 0 unspecified atom stereocenters. The van der Waals surface area contributed by atoms with Crippen LogP contribution in [0.25, 0.3) is 22.4 Å². The summed E-state index contributed by atoms with van der Waals surface area (Å²) >= 11 is 6.14. The maximum atomic E-state index is 13.5. The Balaban J connectivity index is 1.53. The standard InChI is InChI=1S/C25H19ClN4O5/c1-12-9-16(14(3)34-12)19-11-17(22-13(2)30-35-25(22)29-19)23(31)27-18-7-6-15(26)10-20(18)28-24(32)21-5-4-8-33-21/h4-11H,1-3H3,(H,27,31)(H,28,32). The minimum atomic E-state index is -0.484. The first-order chi connectivity index (χ1) is 16.8. The first-order valence-corrected chi connectivity index (χ1v) is 11.0. The van der Waals surface area contributed by atoms with Gasteiger partial charge in [0.1, 0.15) is 11.5 Å². The number of anilines is 2.